The minimum atomic E-state index is -3.25. The fourth-order valence-corrected chi connectivity index (χ4v) is 4.32. The molecule has 1 aliphatic rings. The normalized spacial score (nSPS) is 18.6. The second-order valence-corrected chi connectivity index (χ2v) is 8.71. The zero-order valence-electron chi connectivity index (χ0n) is 14.8. The van der Waals surface area contributed by atoms with Crippen LogP contribution in [-0.2, 0) is 21.4 Å². The molecule has 1 amide bonds. The quantitative estimate of drug-likeness (QED) is 0.840. The molecule has 1 aromatic heterocycles. The first-order valence-electron chi connectivity index (χ1n) is 8.89. The monoisotopic (exact) mass is 376 g/mol. The highest BCUT2D eigenvalue weighted by molar-refractivity contribution is 7.89. The maximum absolute atomic E-state index is 12.4. The summed E-state index contributed by atoms with van der Waals surface area (Å²) in [7, 11) is -3.25. The average Bonchev–Trinajstić information content (AvgIpc) is 3.16. The number of piperidine rings is 1. The first kappa shape index (κ1) is 18.7. The van der Waals surface area contributed by atoms with Crippen molar-refractivity contribution in [2.45, 2.75) is 26.3 Å². The lowest BCUT2D eigenvalue weighted by atomic mass is 9.99. The molecule has 140 valence electrons. The number of sulfonamides is 1. The van der Waals surface area contributed by atoms with Crippen LogP contribution in [0.1, 0.15) is 25.5 Å². The molecule has 26 heavy (non-hydrogen) atoms. The van der Waals surface area contributed by atoms with Crippen LogP contribution in [0.25, 0.3) is 11.3 Å². The molecule has 1 N–H and O–H groups in total. The minimum absolute atomic E-state index is 0.0655. The third kappa shape index (κ3) is 4.34. The van der Waals surface area contributed by atoms with Crippen LogP contribution >= 0.6 is 0 Å². The minimum Gasteiger partial charge on any atom is -0.459 e. The summed E-state index contributed by atoms with van der Waals surface area (Å²) < 4.78 is 31.2. The van der Waals surface area contributed by atoms with Gasteiger partial charge in [0.25, 0.3) is 0 Å². The van der Waals surface area contributed by atoms with Gasteiger partial charge in [-0.15, -0.1) is 0 Å². The summed E-state index contributed by atoms with van der Waals surface area (Å²) in [4.78, 5) is 12.4. The summed E-state index contributed by atoms with van der Waals surface area (Å²) in [5.74, 6) is 1.06. The van der Waals surface area contributed by atoms with E-state index in [-0.39, 0.29) is 24.1 Å². The molecule has 1 aromatic carbocycles. The van der Waals surface area contributed by atoms with Crippen molar-refractivity contribution < 1.29 is 17.6 Å². The van der Waals surface area contributed by atoms with Crippen molar-refractivity contribution in [1.29, 1.82) is 0 Å². The van der Waals surface area contributed by atoms with Crippen molar-refractivity contribution in [3.05, 3.63) is 48.2 Å². The number of amides is 1. The van der Waals surface area contributed by atoms with Gasteiger partial charge >= 0.3 is 0 Å². The van der Waals surface area contributed by atoms with Crippen LogP contribution in [0.15, 0.2) is 46.9 Å². The largest absolute Gasteiger partial charge is 0.459 e. The Labute approximate surface area is 154 Å². The predicted octanol–water partition coefficient (Wildman–Crippen LogP) is 2.62. The van der Waals surface area contributed by atoms with Crippen molar-refractivity contribution in [1.82, 2.24) is 9.62 Å². The van der Waals surface area contributed by atoms with Crippen LogP contribution in [-0.4, -0.2) is 37.5 Å². The summed E-state index contributed by atoms with van der Waals surface area (Å²) in [6.07, 6.45) is 1.41. The molecule has 6 nitrogen and oxygen atoms in total. The Morgan fingerprint density at radius 3 is 2.73 bits per heavy atom. The summed E-state index contributed by atoms with van der Waals surface area (Å²) in [5, 5.41) is 2.87. The number of carbonyl (C=O) groups is 1. The van der Waals surface area contributed by atoms with Gasteiger partial charge in [0, 0.05) is 18.7 Å². The van der Waals surface area contributed by atoms with Crippen molar-refractivity contribution >= 4 is 15.9 Å². The fraction of sp³-hybridized carbons (Fsp3) is 0.421. The van der Waals surface area contributed by atoms with E-state index < -0.39 is 10.0 Å². The molecule has 0 aliphatic carbocycles. The van der Waals surface area contributed by atoms with Crippen LogP contribution in [0.4, 0.5) is 0 Å². The number of hydrogen-bond acceptors (Lipinski definition) is 4. The van der Waals surface area contributed by atoms with Gasteiger partial charge in [0.05, 0.1) is 18.2 Å². The molecule has 1 fully saturated rings. The molecule has 1 unspecified atom stereocenters. The molecule has 2 heterocycles. The Bertz CT molecular complexity index is 845. The molecule has 2 aromatic rings. The Hall–Kier alpha value is -2.12. The van der Waals surface area contributed by atoms with E-state index in [0.717, 1.165) is 11.3 Å². The first-order valence-corrected chi connectivity index (χ1v) is 10.5. The molecule has 0 radical (unpaired) electrons. The van der Waals surface area contributed by atoms with E-state index in [4.69, 9.17) is 4.42 Å². The first-order chi connectivity index (χ1) is 12.5. The highest BCUT2D eigenvalue weighted by Gasteiger charge is 2.31. The predicted molar refractivity (Wildman–Crippen MR) is 99.7 cm³/mol. The smallest absolute Gasteiger partial charge is 0.224 e. The molecule has 0 spiro atoms. The van der Waals surface area contributed by atoms with E-state index in [0.29, 0.717) is 31.7 Å². The zero-order valence-corrected chi connectivity index (χ0v) is 15.7. The molecule has 1 saturated heterocycles. The fourth-order valence-electron chi connectivity index (χ4n) is 3.14. The highest BCUT2D eigenvalue weighted by atomic mass is 32.2. The van der Waals surface area contributed by atoms with E-state index in [1.54, 1.807) is 6.92 Å². The lowest BCUT2D eigenvalue weighted by molar-refractivity contribution is -0.126. The second-order valence-electron chi connectivity index (χ2n) is 6.45. The summed E-state index contributed by atoms with van der Waals surface area (Å²) in [6, 6.07) is 13.5. The summed E-state index contributed by atoms with van der Waals surface area (Å²) in [5.41, 5.74) is 0.984. The van der Waals surface area contributed by atoms with Gasteiger partial charge in [-0.1, -0.05) is 30.3 Å². The second kappa shape index (κ2) is 8.05. The highest BCUT2D eigenvalue weighted by Crippen LogP contribution is 2.22. The third-order valence-corrected chi connectivity index (χ3v) is 6.52. The number of furan rings is 1. The maximum Gasteiger partial charge on any atom is 0.224 e. The van der Waals surface area contributed by atoms with Gasteiger partial charge in [-0.3, -0.25) is 4.79 Å². The van der Waals surface area contributed by atoms with Crippen LogP contribution in [0.5, 0.6) is 0 Å². The Morgan fingerprint density at radius 1 is 1.23 bits per heavy atom. The molecular weight excluding hydrogens is 352 g/mol. The van der Waals surface area contributed by atoms with E-state index in [2.05, 4.69) is 5.32 Å². The van der Waals surface area contributed by atoms with E-state index in [1.807, 2.05) is 42.5 Å². The molecular formula is C19H24N2O4S. The van der Waals surface area contributed by atoms with Gasteiger partial charge < -0.3 is 9.73 Å². The van der Waals surface area contributed by atoms with Crippen LogP contribution in [0.3, 0.4) is 0 Å². The van der Waals surface area contributed by atoms with Crippen LogP contribution in [0.2, 0.25) is 0 Å². The average molecular weight is 376 g/mol. The summed E-state index contributed by atoms with van der Waals surface area (Å²) >= 11 is 0. The van der Waals surface area contributed by atoms with Crippen LogP contribution in [0, 0.1) is 5.92 Å². The van der Waals surface area contributed by atoms with E-state index in [1.165, 1.54) is 4.31 Å². The Balaban J connectivity index is 1.57. The zero-order chi connectivity index (χ0) is 18.6. The molecule has 1 aliphatic heterocycles. The number of carbonyl (C=O) groups excluding carboxylic acids is 1. The van der Waals surface area contributed by atoms with Gasteiger partial charge in [0.1, 0.15) is 11.5 Å². The van der Waals surface area contributed by atoms with Gasteiger partial charge in [0.15, 0.2) is 0 Å². The Kier molecular flexibility index (Phi) is 5.78. The van der Waals surface area contributed by atoms with Gasteiger partial charge in [-0.05, 0) is 31.9 Å². The van der Waals surface area contributed by atoms with Crippen LogP contribution < -0.4 is 5.32 Å². The number of nitrogens with zero attached hydrogens (tertiary/aromatic N) is 1. The number of rotatable bonds is 6. The summed E-state index contributed by atoms with van der Waals surface area (Å²) in [6.45, 7) is 2.68. The topological polar surface area (TPSA) is 79.6 Å². The number of benzene rings is 1. The molecule has 7 heteroatoms. The van der Waals surface area contributed by atoms with Crippen molar-refractivity contribution in [3.63, 3.8) is 0 Å². The van der Waals surface area contributed by atoms with E-state index >= 15 is 0 Å². The Morgan fingerprint density at radius 2 is 2.00 bits per heavy atom. The lowest BCUT2D eigenvalue weighted by Crippen LogP contribution is -2.45. The standard InChI is InChI=1S/C19H24N2O4S/c1-2-26(23,24)21-12-6-9-16(14-21)19(22)20-13-17-10-11-18(25-17)15-7-4-3-5-8-15/h3-5,7-8,10-11,16H,2,6,9,12-14H2,1H3,(H,20,22). The van der Waals surface area contributed by atoms with Crippen molar-refractivity contribution in [3.8, 4) is 11.3 Å². The SMILES string of the molecule is CCS(=O)(=O)N1CCCC(C(=O)NCc2ccc(-c3ccccc3)o2)C1. The lowest BCUT2D eigenvalue weighted by Gasteiger charge is -2.30. The maximum atomic E-state index is 12.4. The van der Waals surface area contributed by atoms with Crippen molar-refractivity contribution in [2.75, 3.05) is 18.8 Å². The molecule has 3 rings (SSSR count). The molecule has 0 saturated carbocycles. The number of hydrogen-bond donors (Lipinski definition) is 1. The van der Waals surface area contributed by atoms with Gasteiger partial charge in [-0.2, -0.15) is 0 Å². The van der Waals surface area contributed by atoms with Gasteiger partial charge in [0.2, 0.25) is 15.9 Å². The number of nitrogens with one attached hydrogen (secondary N) is 1. The third-order valence-electron chi connectivity index (χ3n) is 4.67. The van der Waals surface area contributed by atoms with Gasteiger partial charge in [-0.25, -0.2) is 12.7 Å². The molecule has 0 bridgehead atoms. The van der Waals surface area contributed by atoms with E-state index in [9.17, 15) is 13.2 Å². The van der Waals surface area contributed by atoms with Crippen molar-refractivity contribution in [2.24, 2.45) is 5.92 Å². The molecule has 1 atom stereocenters.